The van der Waals surface area contributed by atoms with Crippen molar-refractivity contribution in [2.45, 2.75) is 25.4 Å². The second-order valence-electron chi connectivity index (χ2n) is 8.60. The molecule has 1 fully saturated rings. The van der Waals surface area contributed by atoms with Crippen LogP contribution in [0.1, 0.15) is 12.8 Å². The van der Waals surface area contributed by atoms with Gasteiger partial charge >= 0.3 is 0 Å². The molecule has 0 bridgehead atoms. The molecule has 0 amide bonds. The molecule has 0 unspecified atom stereocenters. The summed E-state index contributed by atoms with van der Waals surface area (Å²) in [5.41, 5.74) is 2.26. The third kappa shape index (κ3) is 4.87. The minimum absolute atomic E-state index is 0. The van der Waals surface area contributed by atoms with E-state index in [1.54, 1.807) is 10.6 Å². The predicted octanol–water partition coefficient (Wildman–Crippen LogP) is 4.71. The molecule has 1 saturated heterocycles. The molecule has 1 aromatic heterocycles. The molecule has 1 aliphatic heterocycles. The molecule has 0 saturated carbocycles. The van der Waals surface area contributed by atoms with Crippen LogP contribution in [0.3, 0.4) is 0 Å². The fourth-order valence-corrected chi connectivity index (χ4v) is 4.74. The summed E-state index contributed by atoms with van der Waals surface area (Å²) in [5.74, 6) is -0.351. The van der Waals surface area contributed by atoms with Crippen molar-refractivity contribution in [3.63, 3.8) is 0 Å². The van der Waals surface area contributed by atoms with Gasteiger partial charge in [0.15, 0.2) is 0 Å². The van der Waals surface area contributed by atoms with Gasteiger partial charge in [0.1, 0.15) is 5.82 Å². The molecule has 2 heterocycles. The SMILES string of the molecule is CN(c1ccc2ccccc2c1)C1CCN(CCn2c(=O)cnc3ccc(F)cc32)CC1.Cl. The van der Waals surface area contributed by atoms with Gasteiger partial charge in [0.25, 0.3) is 5.56 Å². The minimum atomic E-state index is -0.351. The standard InChI is InChI=1S/C26H27FN4O.ClH/c1-29(23-8-6-19-4-2-3-5-20(19)16-23)22-10-12-30(13-11-22)14-15-31-25-17-21(27)7-9-24(25)28-18-26(31)32;/h2-9,16-18,22H,10-15H2,1H3;1H. The van der Waals surface area contributed by atoms with Gasteiger partial charge in [-0.05, 0) is 53.9 Å². The van der Waals surface area contributed by atoms with Crippen molar-refractivity contribution in [1.29, 1.82) is 0 Å². The molecular weight excluding hydrogens is 439 g/mol. The van der Waals surface area contributed by atoms with Crippen LogP contribution in [-0.4, -0.2) is 47.2 Å². The number of aromatic nitrogens is 2. The number of anilines is 1. The topological polar surface area (TPSA) is 41.4 Å². The Morgan fingerprint density at radius 3 is 2.55 bits per heavy atom. The van der Waals surface area contributed by atoms with Gasteiger partial charge in [0.2, 0.25) is 0 Å². The molecule has 0 radical (unpaired) electrons. The second-order valence-corrected chi connectivity index (χ2v) is 8.60. The largest absolute Gasteiger partial charge is 0.371 e. The Bertz CT molecular complexity index is 1320. The first-order valence-electron chi connectivity index (χ1n) is 11.2. The lowest BCUT2D eigenvalue weighted by Crippen LogP contribution is -2.44. The van der Waals surface area contributed by atoms with E-state index in [0.717, 1.165) is 32.5 Å². The highest BCUT2D eigenvalue weighted by molar-refractivity contribution is 5.86. The van der Waals surface area contributed by atoms with Crippen LogP contribution < -0.4 is 10.5 Å². The van der Waals surface area contributed by atoms with E-state index in [9.17, 15) is 9.18 Å². The van der Waals surface area contributed by atoms with Gasteiger partial charge in [0.05, 0.1) is 17.2 Å². The van der Waals surface area contributed by atoms with E-state index < -0.39 is 0 Å². The quantitative estimate of drug-likeness (QED) is 0.427. The maximum atomic E-state index is 13.7. The van der Waals surface area contributed by atoms with Crippen molar-refractivity contribution in [3.8, 4) is 0 Å². The van der Waals surface area contributed by atoms with Crippen LogP contribution in [0.15, 0.2) is 71.7 Å². The molecule has 33 heavy (non-hydrogen) atoms. The van der Waals surface area contributed by atoms with E-state index in [1.165, 1.54) is 34.8 Å². The van der Waals surface area contributed by atoms with Crippen LogP contribution >= 0.6 is 12.4 Å². The number of hydrogen-bond acceptors (Lipinski definition) is 4. The summed E-state index contributed by atoms with van der Waals surface area (Å²) >= 11 is 0. The normalized spacial score (nSPS) is 15.0. The highest BCUT2D eigenvalue weighted by atomic mass is 35.5. The van der Waals surface area contributed by atoms with Crippen molar-refractivity contribution in [2.24, 2.45) is 0 Å². The Hall–Kier alpha value is -2.96. The maximum Gasteiger partial charge on any atom is 0.269 e. The van der Waals surface area contributed by atoms with Crippen LogP contribution in [0.4, 0.5) is 10.1 Å². The molecule has 0 N–H and O–H groups in total. The number of nitrogens with zero attached hydrogens (tertiary/aromatic N) is 4. The number of hydrogen-bond donors (Lipinski definition) is 0. The third-order valence-corrected chi connectivity index (χ3v) is 6.69. The van der Waals surface area contributed by atoms with E-state index in [-0.39, 0.29) is 23.8 Å². The molecule has 0 atom stereocenters. The molecule has 3 aromatic carbocycles. The van der Waals surface area contributed by atoms with Crippen molar-refractivity contribution < 1.29 is 4.39 Å². The Morgan fingerprint density at radius 1 is 1.00 bits per heavy atom. The average Bonchev–Trinajstić information content (AvgIpc) is 2.83. The molecule has 5 rings (SSSR count). The summed E-state index contributed by atoms with van der Waals surface area (Å²) in [6, 6.07) is 20.0. The summed E-state index contributed by atoms with van der Waals surface area (Å²) < 4.78 is 15.4. The zero-order valence-electron chi connectivity index (χ0n) is 18.7. The minimum Gasteiger partial charge on any atom is -0.371 e. The fourth-order valence-electron chi connectivity index (χ4n) is 4.74. The average molecular weight is 467 g/mol. The number of fused-ring (bicyclic) bond motifs is 2. The number of rotatable bonds is 5. The first-order valence-corrected chi connectivity index (χ1v) is 11.2. The summed E-state index contributed by atoms with van der Waals surface area (Å²) in [7, 11) is 2.18. The molecular formula is C26H28ClFN4O. The zero-order valence-corrected chi connectivity index (χ0v) is 19.5. The molecule has 1 aliphatic rings. The molecule has 5 nitrogen and oxygen atoms in total. The van der Waals surface area contributed by atoms with Gasteiger partial charge in [-0.1, -0.05) is 30.3 Å². The lowest BCUT2D eigenvalue weighted by atomic mass is 10.0. The highest BCUT2D eigenvalue weighted by Crippen LogP contribution is 2.26. The van der Waals surface area contributed by atoms with E-state index in [2.05, 4.69) is 64.3 Å². The molecule has 0 spiro atoms. The number of benzene rings is 3. The number of likely N-dealkylation sites (tertiary alicyclic amines) is 1. The molecule has 7 heteroatoms. The summed E-state index contributed by atoms with van der Waals surface area (Å²) in [6.45, 7) is 3.26. The van der Waals surface area contributed by atoms with Crippen LogP contribution in [0, 0.1) is 5.82 Å². The number of halogens is 2. The van der Waals surface area contributed by atoms with Crippen LogP contribution in [0.5, 0.6) is 0 Å². The molecule has 172 valence electrons. The van der Waals surface area contributed by atoms with Crippen LogP contribution in [0.25, 0.3) is 21.8 Å². The van der Waals surface area contributed by atoms with Crippen LogP contribution in [-0.2, 0) is 6.54 Å². The van der Waals surface area contributed by atoms with Crippen molar-refractivity contribution in [1.82, 2.24) is 14.5 Å². The Morgan fingerprint density at radius 2 is 1.76 bits per heavy atom. The van der Waals surface area contributed by atoms with Crippen molar-refractivity contribution in [3.05, 3.63) is 83.0 Å². The summed E-state index contributed by atoms with van der Waals surface area (Å²) in [5, 5.41) is 2.53. The Kier molecular flexibility index (Phi) is 6.96. The highest BCUT2D eigenvalue weighted by Gasteiger charge is 2.23. The second kappa shape index (κ2) is 9.89. The van der Waals surface area contributed by atoms with Crippen molar-refractivity contribution in [2.75, 3.05) is 31.6 Å². The molecule has 0 aliphatic carbocycles. The van der Waals surface area contributed by atoms with Gasteiger partial charge in [-0.25, -0.2) is 9.37 Å². The van der Waals surface area contributed by atoms with E-state index >= 15 is 0 Å². The van der Waals surface area contributed by atoms with Gasteiger partial charge in [-0.2, -0.15) is 0 Å². The van der Waals surface area contributed by atoms with Crippen LogP contribution in [0.2, 0.25) is 0 Å². The third-order valence-electron chi connectivity index (χ3n) is 6.69. The first-order chi connectivity index (χ1) is 15.6. The van der Waals surface area contributed by atoms with Crippen molar-refractivity contribution >= 4 is 39.9 Å². The summed E-state index contributed by atoms with van der Waals surface area (Å²) in [4.78, 5) is 21.3. The van der Waals surface area contributed by atoms with Gasteiger partial charge in [-0.3, -0.25) is 4.79 Å². The van der Waals surface area contributed by atoms with E-state index in [1.807, 2.05) is 0 Å². The Labute approximate surface area is 198 Å². The smallest absolute Gasteiger partial charge is 0.269 e. The predicted molar refractivity (Wildman–Crippen MR) is 135 cm³/mol. The van der Waals surface area contributed by atoms with Gasteiger partial charge < -0.3 is 14.4 Å². The Balaban J connectivity index is 0.00000259. The van der Waals surface area contributed by atoms with E-state index in [4.69, 9.17) is 0 Å². The maximum absolute atomic E-state index is 13.7. The first kappa shape index (κ1) is 23.2. The van der Waals surface area contributed by atoms with E-state index in [0.29, 0.717) is 23.6 Å². The fraction of sp³-hybridized carbons (Fsp3) is 0.308. The number of piperidine rings is 1. The zero-order chi connectivity index (χ0) is 22.1. The molecule has 4 aromatic rings. The lowest BCUT2D eigenvalue weighted by molar-refractivity contribution is 0.204. The van der Waals surface area contributed by atoms with Gasteiger partial charge in [0, 0.05) is 45.0 Å². The summed E-state index contributed by atoms with van der Waals surface area (Å²) in [6.07, 6.45) is 3.47. The lowest BCUT2D eigenvalue weighted by Gasteiger charge is -2.38. The van der Waals surface area contributed by atoms with Gasteiger partial charge in [-0.15, -0.1) is 12.4 Å². The monoisotopic (exact) mass is 466 g/mol.